The second kappa shape index (κ2) is 6.15. The molecule has 1 aliphatic rings. The van der Waals surface area contributed by atoms with Gasteiger partial charge in [-0.2, -0.15) is 0 Å². The molecule has 0 spiro atoms. The van der Waals surface area contributed by atoms with E-state index in [0.717, 1.165) is 37.6 Å². The van der Waals surface area contributed by atoms with Gasteiger partial charge < -0.3 is 19.9 Å². The van der Waals surface area contributed by atoms with Gasteiger partial charge in [0.2, 0.25) is 0 Å². The first-order valence-electron chi connectivity index (χ1n) is 7.02. The number of likely N-dealkylation sites (N-methyl/N-ethyl adjacent to an activating group) is 1. The molecule has 0 saturated carbocycles. The highest BCUT2D eigenvalue weighted by molar-refractivity contribution is 5.64. The number of hydrogen-bond donors (Lipinski definition) is 1. The maximum atomic E-state index is 5.89. The van der Waals surface area contributed by atoms with E-state index in [1.54, 1.807) is 0 Å². The largest absolute Gasteiger partial charge is 0.489 e. The van der Waals surface area contributed by atoms with Crippen molar-refractivity contribution in [2.45, 2.75) is 20.0 Å². The number of anilines is 2. The second-order valence-electron chi connectivity index (χ2n) is 5.39. The van der Waals surface area contributed by atoms with Crippen molar-refractivity contribution in [3.05, 3.63) is 18.2 Å². The minimum atomic E-state index is 0.190. The molecule has 0 radical (unpaired) electrons. The van der Waals surface area contributed by atoms with Crippen LogP contribution in [0.3, 0.4) is 0 Å². The zero-order chi connectivity index (χ0) is 13.8. The van der Waals surface area contributed by atoms with E-state index in [0.29, 0.717) is 0 Å². The molecular weight excluding hydrogens is 238 g/mol. The third kappa shape index (κ3) is 3.53. The van der Waals surface area contributed by atoms with E-state index in [1.165, 1.54) is 5.69 Å². The first-order valence-corrected chi connectivity index (χ1v) is 7.02. The summed E-state index contributed by atoms with van der Waals surface area (Å²) in [6.45, 7) is 8.51. The van der Waals surface area contributed by atoms with Gasteiger partial charge in [-0.1, -0.05) is 0 Å². The average molecular weight is 263 g/mol. The van der Waals surface area contributed by atoms with Crippen LogP contribution in [0.1, 0.15) is 13.8 Å². The van der Waals surface area contributed by atoms with Gasteiger partial charge in [-0.15, -0.1) is 0 Å². The molecule has 1 saturated heterocycles. The highest BCUT2D eigenvalue weighted by atomic mass is 16.5. The summed E-state index contributed by atoms with van der Waals surface area (Å²) in [7, 11) is 4.10. The summed E-state index contributed by atoms with van der Waals surface area (Å²) >= 11 is 0. The molecule has 1 heterocycles. The lowest BCUT2D eigenvalue weighted by molar-refractivity contribution is 0.243. The molecule has 1 N–H and O–H groups in total. The molecule has 0 amide bonds. The number of rotatable bonds is 4. The Balaban J connectivity index is 2.17. The predicted octanol–water partition coefficient (Wildman–Crippen LogP) is 2.27. The van der Waals surface area contributed by atoms with Crippen LogP contribution in [0.4, 0.5) is 11.4 Å². The fourth-order valence-electron chi connectivity index (χ4n) is 2.33. The van der Waals surface area contributed by atoms with Gasteiger partial charge >= 0.3 is 0 Å². The number of ether oxygens (including phenoxy) is 1. The first-order chi connectivity index (χ1) is 9.10. The summed E-state index contributed by atoms with van der Waals surface area (Å²) in [6.07, 6.45) is 0.190. The van der Waals surface area contributed by atoms with E-state index >= 15 is 0 Å². The van der Waals surface area contributed by atoms with Crippen LogP contribution in [-0.4, -0.2) is 51.3 Å². The Hall–Kier alpha value is -1.42. The van der Waals surface area contributed by atoms with E-state index in [-0.39, 0.29) is 6.10 Å². The first kappa shape index (κ1) is 14.0. The van der Waals surface area contributed by atoms with Crippen LogP contribution in [0, 0.1) is 0 Å². The van der Waals surface area contributed by atoms with Gasteiger partial charge in [0.05, 0.1) is 11.8 Å². The normalized spacial score (nSPS) is 16.8. The van der Waals surface area contributed by atoms with Gasteiger partial charge in [0.15, 0.2) is 0 Å². The standard InChI is InChI=1S/C15H25N3O/c1-12(2)19-15-11-13(5-6-14(15)16-3)18-9-7-17(4)8-10-18/h5-6,11-12,16H,7-10H2,1-4H3. The van der Waals surface area contributed by atoms with Crippen molar-refractivity contribution in [3.63, 3.8) is 0 Å². The highest BCUT2D eigenvalue weighted by Gasteiger charge is 2.16. The van der Waals surface area contributed by atoms with Gasteiger partial charge in [0, 0.05) is 45.0 Å². The van der Waals surface area contributed by atoms with Crippen LogP contribution < -0.4 is 15.0 Å². The Morgan fingerprint density at radius 3 is 2.42 bits per heavy atom. The van der Waals surface area contributed by atoms with Crippen LogP contribution in [0.5, 0.6) is 5.75 Å². The molecule has 0 atom stereocenters. The minimum Gasteiger partial charge on any atom is -0.489 e. The van der Waals surface area contributed by atoms with Crippen LogP contribution in [0.2, 0.25) is 0 Å². The molecule has 2 rings (SSSR count). The van der Waals surface area contributed by atoms with E-state index in [2.05, 4.69) is 54.2 Å². The molecule has 1 aliphatic heterocycles. The summed E-state index contributed by atoms with van der Waals surface area (Å²) < 4.78 is 5.89. The van der Waals surface area contributed by atoms with Crippen molar-refractivity contribution in [1.29, 1.82) is 0 Å². The SMILES string of the molecule is CNc1ccc(N2CCN(C)CC2)cc1OC(C)C. The molecule has 1 aromatic rings. The molecule has 0 aliphatic carbocycles. The lowest BCUT2D eigenvalue weighted by Crippen LogP contribution is -2.44. The predicted molar refractivity (Wildman–Crippen MR) is 81.5 cm³/mol. The van der Waals surface area contributed by atoms with Crippen LogP contribution in [0.15, 0.2) is 18.2 Å². The zero-order valence-corrected chi connectivity index (χ0v) is 12.4. The van der Waals surface area contributed by atoms with E-state index in [9.17, 15) is 0 Å². The molecule has 1 fully saturated rings. The lowest BCUT2D eigenvalue weighted by Gasteiger charge is -2.34. The maximum absolute atomic E-state index is 5.89. The van der Waals surface area contributed by atoms with Crippen molar-refractivity contribution in [2.24, 2.45) is 0 Å². The molecule has 4 nitrogen and oxygen atoms in total. The van der Waals surface area contributed by atoms with E-state index in [1.807, 2.05) is 7.05 Å². The van der Waals surface area contributed by atoms with Gasteiger partial charge in [-0.25, -0.2) is 0 Å². The molecule has 0 bridgehead atoms. The molecular formula is C15H25N3O. The topological polar surface area (TPSA) is 27.7 Å². The quantitative estimate of drug-likeness (QED) is 0.902. The Morgan fingerprint density at radius 1 is 1.16 bits per heavy atom. The Labute approximate surface area is 116 Å². The molecule has 0 unspecified atom stereocenters. The van der Waals surface area contributed by atoms with E-state index < -0.39 is 0 Å². The monoisotopic (exact) mass is 263 g/mol. The third-order valence-electron chi connectivity index (χ3n) is 3.47. The van der Waals surface area contributed by atoms with Crippen molar-refractivity contribution < 1.29 is 4.74 Å². The van der Waals surface area contributed by atoms with Gasteiger partial charge in [0.1, 0.15) is 5.75 Å². The fraction of sp³-hybridized carbons (Fsp3) is 0.600. The van der Waals surface area contributed by atoms with Crippen LogP contribution >= 0.6 is 0 Å². The molecule has 19 heavy (non-hydrogen) atoms. The number of nitrogens with zero attached hydrogens (tertiary/aromatic N) is 2. The summed E-state index contributed by atoms with van der Waals surface area (Å²) in [6, 6.07) is 6.42. The number of hydrogen-bond acceptors (Lipinski definition) is 4. The van der Waals surface area contributed by atoms with Crippen LogP contribution in [0.25, 0.3) is 0 Å². The van der Waals surface area contributed by atoms with E-state index in [4.69, 9.17) is 4.74 Å². The Morgan fingerprint density at radius 2 is 1.84 bits per heavy atom. The van der Waals surface area contributed by atoms with Gasteiger partial charge in [-0.3, -0.25) is 0 Å². The third-order valence-corrected chi connectivity index (χ3v) is 3.47. The summed E-state index contributed by atoms with van der Waals surface area (Å²) in [5.41, 5.74) is 2.30. The van der Waals surface area contributed by atoms with Crippen molar-refractivity contribution in [1.82, 2.24) is 4.90 Å². The molecule has 1 aromatic carbocycles. The lowest BCUT2D eigenvalue weighted by atomic mass is 10.2. The Kier molecular flexibility index (Phi) is 4.53. The smallest absolute Gasteiger partial charge is 0.144 e. The van der Waals surface area contributed by atoms with Gasteiger partial charge in [-0.05, 0) is 33.0 Å². The maximum Gasteiger partial charge on any atom is 0.144 e. The van der Waals surface area contributed by atoms with Crippen molar-refractivity contribution in [3.8, 4) is 5.75 Å². The molecule has 106 valence electrons. The summed E-state index contributed by atoms with van der Waals surface area (Å²) in [5.74, 6) is 0.939. The van der Waals surface area contributed by atoms with Crippen molar-refractivity contribution in [2.75, 3.05) is 50.5 Å². The highest BCUT2D eigenvalue weighted by Crippen LogP contribution is 2.31. The number of piperazine rings is 1. The second-order valence-corrected chi connectivity index (χ2v) is 5.39. The minimum absolute atomic E-state index is 0.190. The number of nitrogens with one attached hydrogen (secondary N) is 1. The molecule has 4 heteroatoms. The number of benzene rings is 1. The Bertz CT molecular complexity index is 412. The van der Waals surface area contributed by atoms with Crippen LogP contribution in [-0.2, 0) is 0 Å². The van der Waals surface area contributed by atoms with Crippen molar-refractivity contribution >= 4 is 11.4 Å². The summed E-state index contributed by atoms with van der Waals surface area (Å²) in [5, 5.41) is 3.19. The van der Waals surface area contributed by atoms with Gasteiger partial charge in [0.25, 0.3) is 0 Å². The fourth-order valence-corrected chi connectivity index (χ4v) is 2.33. The average Bonchev–Trinajstić information content (AvgIpc) is 2.39. The molecule has 0 aromatic heterocycles. The zero-order valence-electron chi connectivity index (χ0n) is 12.4. The summed E-state index contributed by atoms with van der Waals surface area (Å²) in [4.78, 5) is 4.79.